The fraction of sp³-hybridized carbons (Fsp3) is 0.522. The summed E-state index contributed by atoms with van der Waals surface area (Å²) < 4.78 is 0. The van der Waals surface area contributed by atoms with Crippen LogP contribution in [0.4, 0.5) is 0 Å². The highest BCUT2D eigenvalue weighted by Crippen LogP contribution is 2.23. The molecule has 0 aromatic heterocycles. The molecule has 2 aromatic carbocycles. The van der Waals surface area contributed by atoms with E-state index < -0.39 is 0 Å². The van der Waals surface area contributed by atoms with Crippen LogP contribution in [0.15, 0.2) is 42.5 Å². The standard InChI is InChI=1S/C23H31N3O/c1-17(20-11-10-19-7-3-4-8-21(19)15-20)24-23(27)18(2)26-14-6-13-25-12-5-9-22(25)16-26/h3-4,7-8,10-11,15,17-18,22H,5-6,9,12-14,16H2,1-2H3,(H,24,27). The minimum absolute atomic E-state index is 0.0134. The number of nitrogens with one attached hydrogen (secondary N) is 1. The molecule has 2 aliphatic rings. The molecule has 0 aliphatic carbocycles. The van der Waals surface area contributed by atoms with E-state index in [9.17, 15) is 4.79 Å². The van der Waals surface area contributed by atoms with E-state index >= 15 is 0 Å². The first kappa shape index (κ1) is 18.5. The van der Waals surface area contributed by atoms with Crippen molar-refractivity contribution in [3.8, 4) is 0 Å². The largest absolute Gasteiger partial charge is 0.348 e. The third kappa shape index (κ3) is 4.02. The van der Waals surface area contributed by atoms with Crippen LogP contribution in [0.5, 0.6) is 0 Å². The van der Waals surface area contributed by atoms with Crippen molar-refractivity contribution in [2.45, 2.75) is 51.2 Å². The molecule has 0 saturated carbocycles. The Bertz CT molecular complexity index is 805. The molecule has 2 saturated heterocycles. The number of rotatable bonds is 4. The lowest BCUT2D eigenvalue weighted by atomic mass is 10.0. The fourth-order valence-electron chi connectivity index (χ4n) is 4.65. The van der Waals surface area contributed by atoms with Crippen LogP contribution in [0.1, 0.15) is 44.7 Å². The van der Waals surface area contributed by atoms with Gasteiger partial charge in [0.2, 0.25) is 5.91 Å². The Morgan fingerprint density at radius 2 is 1.81 bits per heavy atom. The van der Waals surface area contributed by atoms with Gasteiger partial charge < -0.3 is 5.32 Å². The molecule has 27 heavy (non-hydrogen) atoms. The van der Waals surface area contributed by atoms with Gasteiger partial charge in [-0.2, -0.15) is 0 Å². The number of hydrogen-bond donors (Lipinski definition) is 1. The van der Waals surface area contributed by atoms with Crippen LogP contribution in [-0.4, -0.2) is 54.0 Å². The van der Waals surface area contributed by atoms with Crippen LogP contribution in [-0.2, 0) is 4.79 Å². The first-order valence-corrected chi connectivity index (χ1v) is 10.4. The predicted octanol–water partition coefficient (Wildman–Crippen LogP) is 3.58. The molecular weight excluding hydrogens is 334 g/mol. The van der Waals surface area contributed by atoms with Crippen LogP contribution in [0.3, 0.4) is 0 Å². The first-order chi connectivity index (χ1) is 13.1. The SMILES string of the molecule is CC(NC(=O)C(C)N1CCCN2CCCC2C1)c1ccc2ccccc2c1. The monoisotopic (exact) mass is 365 g/mol. The summed E-state index contributed by atoms with van der Waals surface area (Å²) in [7, 11) is 0. The molecule has 144 valence electrons. The molecule has 0 spiro atoms. The molecule has 2 heterocycles. The lowest BCUT2D eigenvalue weighted by Crippen LogP contribution is -2.48. The highest BCUT2D eigenvalue weighted by Gasteiger charge is 2.32. The van der Waals surface area contributed by atoms with Crippen molar-refractivity contribution in [1.82, 2.24) is 15.1 Å². The molecule has 2 aliphatic heterocycles. The van der Waals surface area contributed by atoms with Gasteiger partial charge in [0, 0.05) is 19.1 Å². The van der Waals surface area contributed by atoms with Crippen molar-refractivity contribution >= 4 is 16.7 Å². The number of carbonyl (C=O) groups is 1. The van der Waals surface area contributed by atoms with Gasteiger partial charge in [-0.05, 0) is 68.6 Å². The van der Waals surface area contributed by atoms with Crippen molar-refractivity contribution in [2.24, 2.45) is 0 Å². The average molecular weight is 366 g/mol. The molecule has 3 unspecified atom stereocenters. The summed E-state index contributed by atoms with van der Waals surface area (Å²) in [5.74, 6) is 0.141. The lowest BCUT2D eigenvalue weighted by Gasteiger charge is -2.30. The van der Waals surface area contributed by atoms with Crippen molar-refractivity contribution < 1.29 is 4.79 Å². The minimum Gasteiger partial charge on any atom is -0.348 e. The lowest BCUT2D eigenvalue weighted by molar-refractivity contribution is -0.126. The van der Waals surface area contributed by atoms with Crippen molar-refractivity contribution in [2.75, 3.05) is 26.2 Å². The molecule has 0 radical (unpaired) electrons. The number of hydrogen-bond acceptors (Lipinski definition) is 3. The van der Waals surface area contributed by atoms with Crippen molar-refractivity contribution in [3.05, 3.63) is 48.0 Å². The van der Waals surface area contributed by atoms with E-state index in [4.69, 9.17) is 0 Å². The molecule has 4 heteroatoms. The number of carbonyl (C=O) groups excluding carboxylic acids is 1. The summed E-state index contributed by atoms with van der Waals surface area (Å²) in [6.45, 7) is 8.61. The van der Waals surface area contributed by atoms with E-state index in [0.717, 1.165) is 25.1 Å². The Hall–Kier alpha value is -1.91. The maximum atomic E-state index is 12.9. The highest BCUT2D eigenvalue weighted by molar-refractivity contribution is 5.84. The van der Waals surface area contributed by atoms with Crippen molar-refractivity contribution in [3.63, 3.8) is 0 Å². The van der Waals surface area contributed by atoms with Crippen LogP contribution >= 0.6 is 0 Å². The van der Waals surface area contributed by atoms with Gasteiger partial charge in [0.1, 0.15) is 0 Å². The molecule has 3 atom stereocenters. The molecule has 0 bridgehead atoms. The van der Waals surface area contributed by atoms with Gasteiger partial charge in [0.05, 0.1) is 12.1 Å². The van der Waals surface area contributed by atoms with Gasteiger partial charge >= 0.3 is 0 Å². The van der Waals surface area contributed by atoms with Crippen LogP contribution in [0.2, 0.25) is 0 Å². The number of nitrogens with zero attached hydrogens (tertiary/aromatic N) is 2. The third-order valence-corrected chi connectivity index (χ3v) is 6.39. The zero-order chi connectivity index (χ0) is 18.8. The number of benzene rings is 2. The number of fused-ring (bicyclic) bond motifs is 2. The Morgan fingerprint density at radius 1 is 1.04 bits per heavy atom. The molecule has 2 aromatic rings. The second-order valence-corrected chi connectivity index (χ2v) is 8.19. The van der Waals surface area contributed by atoms with Gasteiger partial charge in [-0.1, -0.05) is 36.4 Å². The summed E-state index contributed by atoms with van der Waals surface area (Å²) in [5.41, 5.74) is 1.16. The Kier molecular flexibility index (Phi) is 5.46. The van der Waals surface area contributed by atoms with Crippen molar-refractivity contribution in [1.29, 1.82) is 0 Å². The van der Waals surface area contributed by atoms with Gasteiger partial charge in [0.25, 0.3) is 0 Å². The second-order valence-electron chi connectivity index (χ2n) is 8.19. The van der Waals surface area contributed by atoms with Crippen LogP contribution in [0.25, 0.3) is 10.8 Å². The second kappa shape index (κ2) is 7.99. The van der Waals surface area contributed by atoms with E-state index in [1.54, 1.807) is 0 Å². The van der Waals surface area contributed by atoms with Gasteiger partial charge in [-0.15, -0.1) is 0 Å². The zero-order valence-corrected chi connectivity index (χ0v) is 16.5. The average Bonchev–Trinajstić information content (AvgIpc) is 3.03. The smallest absolute Gasteiger partial charge is 0.237 e. The molecule has 4 rings (SSSR count). The van der Waals surface area contributed by atoms with Crippen LogP contribution in [0, 0.1) is 0 Å². The van der Waals surface area contributed by atoms with Crippen LogP contribution < -0.4 is 5.32 Å². The first-order valence-electron chi connectivity index (χ1n) is 10.4. The Balaban J connectivity index is 1.40. The Morgan fingerprint density at radius 3 is 2.67 bits per heavy atom. The third-order valence-electron chi connectivity index (χ3n) is 6.39. The predicted molar refractivity (Wildman–Crippen MR) is 111 cm³/mol. The molecular formula is C23H31N3O. The number of amides is 1. The summed E-state index contributed by atoms with van der Waals surface area (Å²) in [6.07, 6.45) is 3.74. The maximum absolute atomic E-state index is 12.9. The molecule has 1 N–H and O–H groups in total. The van der Waals surface area contributed by atoms with E-state index in [1.807, 2.05) is 0 Å². The normalized spacial score (nSPS) is 23.6. The fourth-order valence-corrected chi connectivity index (χ4v) is 4.65. The van der Waals surface area contributed by atoms with E-state index in [2.05, 4.69) is 71.4 Å². The van der Waals surface area contributed by atoms with E-state index in [1.165, 1.54) is 36.7 Å². The topological polar surface area (TPSA) is 35.6 Å². The molecule has 1 amide bonds. The van der Waals surface area contributed by atoms with Gasteiger partial charge in [-0.3, -0.25) is 14.6 Å². The Labute approximate surface area is 162 Å². The zero-order valence-electron chi connectivity index (χ0n) is 16.5. The summed E-state index contributed by atoms with van der Waals surface area (Å²) in [4.78, 5) is 17.9. The molecule has 4 nitrogen and oxygen atoms in total. The minimum atomic E-state index is -0.0755. The van der Waals surface area contributed by atoms with Gasteiger partial charge in [-0.25, -0.2) is 0 Å². The highest BCUT2D eigenvalue weighted by atomic mass is 16.2. The summed E-state index contributed by atoms with van der Waals surface area (Å²) in [6, 6.07) is 15.4. The van der Waals surface area contributed by atoms with E-state index in [0.29, 0.717) is 6.04 Å². The quantitative estimate of drug-likeness (QED) is 0.900. The summed E-state index contributed by atoms with van der Waals surface area (Å²) in [5, 5.41) is 5.70. The van der Waals surface area contributed by atoms with E-state index in [-0.39, 0.29) is 18.0 Å². The summed E-state index contributed by atoms with van der Waals surface area (Å²) >= 11 is 0. The maximum Gasteiger partial charge on any atom is 0.237 e. The molecule has 2 fully saturated rings. The van der Waals surface area contributed by atoms with Gasteiger partial charge in [0.15, 0.2) is 0 Å².